The van der Waals surface area contributed by atoms with Crippen molar-refractivity contribution in [1.82, 2.24) is 15.1 Å². The van der Waals surface area contributed by atoms with Crippen LogP contribution in [0.3, 0.4) is 0 Å². The van der Waals surface area contributed by atoms with E-state index >= 15 is 0 Å². The molecule has 5 nitrogen and oxygen atoms in total. The average molecular weight is 268 g/mol. The Hall–Kier alpha value is -0.650. The molecule has 0 radical (unpaired) electrons. The highest BCUT2D eigenvalue weighted by Crippen LogP contribution is 2.31. The number of rotatable bonds is 4. The summed E-state index contributed by atoms with van der Waals surface area (Å²) in [5.41, 5.74) is 0. The monoisotopic (exact) mass is 268 g/mol. The molecule has 0 aromatic carbocycles. The second-order valence-electron chi connectivity index (χ2n) is 5.90. The van der Waals surface area contributed by atoms with Crippen LogP contribution < -0.4 is 5.32 Å². The maximum absolute atomic E-state index is 7.53. The molecular weight excluding hydrogens is 240 g/mol. The topological polar surface area (TPSA) is 51.6 Å². The van der Waals surface area contributed by atoms with Crippen LogP contribution in [0.25, 0.3) is 0 Å². The second-order valence-corrected chi connectivity index (χ2v) is 5.90. The maximum atomic E-state index is 7.53. The molecule has 2 rings (SSSR count). The zero-order chi connectivity index (χ0) is 13.8. The van der Waals surface area contributed by atoms with Crippen LogP contribution in [-0.4, -0.2) is 61.8 Å². The quantitative estimate of drug-likeness (QED) is 0.458. The van der Waals surface area contributed by atoms with E-state index < -0.39 is 0 Å². The van der Waals surface area contributed by atoms with Gasteiger partial charge in [0.15, 0.2) is 5.90 Å². The fraction of sp³-hybridized carbons (Fsp3) is 0.929. The van der Waals surface area contributed by atoms with Gasteiger partial charge in [0, 0.05) is 19.5 Å². The molecule has 0 spiro atoms. The largest absolute Gasteiger partial charge is 0.450 e. The Kier molecular flexibility index (Phi) is 5.19. The van der Waals surface area contributed by atoms with Gasteiger partial charge in [0.2, 0.25) is 6.35 Å². The number of hydrogen-bond donors (Lipinski definition) is 2. The minimum Gasteiger partial charge on any atom is -0.450 e. The van der Waals surface area contributed by atoms with Crippen molar-refractivity contribution in [3.8, 4) is 0 Å². The molecule has 2 saturated heterocycles. The molecule has 2 fully saturated rings. The van der Waals surface area contributed by atoms with Crippen molar-refractivity contribution in [3.05, 3.63) is 0 Å². The molecule has 5 heteroatoms. The molecule has 0 aliphatic carbocycles. The first kappa shape index (κ1) is 14.8. The first-order valence-corrected chi connectivity index (χ1v) is 7.45. The molecule has 0 amide bonds. The summed E-state index contributed by atoms with van der Waals surface area (Å²) in [6.07, 6.45) is 4.96. The van der Waals surface area contributed by atoms with Gasteiger partial charge in [-0.3, -0.25) is 15.6 Å². The molecule has 2 aliphatic heterocycles. The molecule has 0 saturated carbocycles. The van der Waals surface area contributed by atoms with E-state index in [1.165, 1.54) is 38.8 Å². The van der Waals surface area contributed by atoms with Crippen molar-refractivity contribution >= 4 is 5.90 Å². The van der Waals surface area contributed by atoms with Crippen molar-refractivity contribution in [2.45, 2.75) is 45.0 Å². The van der Waals surface area contributed by atoms with Crippen molar-refractivity contribution in [2.24, 2.45) is 5.92 Å². The second kappa shape index (κ2) is 6.68. The Labute approximate surface area is 116 Å². The van der Waals surface area contributed by atoms with Crippen LogP contribution in [-0.2, 0) is 4.74 Å². The Morgan fingerprint density at radius 1 is 1.26 bits per heavy atom. The zero-order valence-electron chi connectivity index (χ0n) is 12.5. The van der Waals surface area contributed by atoms with Crippen LogP contribution >= 0.6 is 0 Å². The number of hydrogen-bond acceptors (Lipinski definition) is 5. The van der Waals surface area contributed by atoms with Crippen LogP contribution in [0.2, 0.25) is 0 Å². The highest BCUT2D eigenvalue weighted by atomic mass is 16.5. The lowest BCUT2D eigenvalue weighted by Gasteiger charge is -2.39. The summed E-state index contributed by atoms with van der Waals surface area (Å²) in [4.78, 5) is 4.84. The number of likely N-dealkylation sites (tertiary alicyclic amines) is 2. The first-order chi connectivity index (χ1) is 9.11. The van der Waals surface area contributed by atoms with Crippen LogP contribution in [0.15, 0.2) is 0 Å². The van der Waals surface area contributed by atoms with Gasteiger partial charge in [0.05, 0.1) is 0 Å². The van der Waals surface area contributed by atoms with Gasteiger partial charge in [-0.2, -0.15) is 0 Å². The third-order valence-corrected chi connectivity index (χ3v) is 4.49. The number of ether oxygens (including phenoxy) is 1. The van der Waals surface area contributed by atoms with Gasteiger partial charge in [-0.25, -0.2) is 0 Å². The molecule has 0 aromatic heterocycles. The van der Waals surface area contributed by atoms with Crippen molar-refractivity contribution < 1.29 is 4.74 Å². The molecule has 2 unspecified atom stereocenters. The van der Waals surface area contributed by atoms with E-state index in [1.54, 1.807) is 6.92 Å². The van der Waals surface area contributed by atoms with Gasteiger partial charge >= 0.3 is 0 Å². The van der Waals surface area contributed by atoms with Crippen LogP contribution in [0.5, 0.6) is 0 Å². The molecular formula is C14H28N4O. The summed E-state index contributed by atoms with van der Waals surface area (Å²) in [5, 5.41) is 10.7. The predicted molar refractivity (Wildman–Crippen MR) is 77.3 cm³/mol. The minimum absolute atomic E-state index is 0.135. The molecule has 110 valence electrons. The van der Waals surface area contributed by atoms with Gasteiger partial charge in [0.1, 0.15) is 0 Å². The summed E-state index contributed by atoms with van der Waals surface area (Å²) >= 11 is 0. The average Bonchev–Trinajstić information content (AvgIpc) is 2.85. The van der Waals surface area contributed by atoms with Gasteiger partial charge in [-0.05, 0) is 58.8 Å². The minimum atomic E-state index is -0.135. The van der Waals surface area contributed by atoms with Crippen molar-refractivity contribution in [3.63, 3.8) is 0 Å². The van der Waals surface area contributed by atoms with E-state index in [9.17, 15) is 0 Å². The molecule has 2 aliphatic rings. The van der Waals surface area contributed by atoms with Crippen molar-refractivity contribution in [1.29, 1.82) is 5.41 Å². The fourth-order valence-electron chi connectivity index (χ4n) is 3.49. The summed E-state index contributed by atoms with van der Waals surface area (Å²) in [6, 6.07) is 0.616. The van der Waals surface area contributed by atoms with Gasteiger partial charge in [-0.1, -0.05) is 0 Å². The Balaban J connectivity index is 1.97. The molecule has 2 N–H and O–H groups in total. The van der Waals surface area contributed by atoms with Crippen molar-refractivity contribution in [2.75, 3.05) is 33.7 Å². The molecule has 2 heterocycles. The SMILES string of the molecule is CNC(OC(C)=N)N1CCCC1C1CCN(C)CC1. The highest BCUT2D eigenvalue weighted by molar-refractivity contribution is 5.69. The van der Waals surface area contributed by atoms with Crippen LogP contribution in [0.4, 0.5) is 0 Å². The van der Waals surface area contributed by atoms with Gasteiger partial charge in [0.25, 0.3) is 0 Å². The molecule has 0 aromatic rings. The van der Waals surface area contributed by atoms with Gasteiger partial charge < -0.3 is 9.64 Å². The summed E-state index contributed by atoms with van der Waals surface area (Å²) < 4.78 is 5.61. The lowest BCUT2D eigenvalue weighted by Crippen LogP contribution is -2.52. The molecule has 0 bridgehead atoms. The fourth-order valence-corrected chi connectivity index (χ4v) is 3.49. The third-order valence-electron chi connectivity index (χ3n) is 4.49. The predicted octanol–water partition coefficient (Wildman–Crippen LogP) is 1.31. The van der Waals surface area contributed by atoms with Crippen LogP contribution in [0.1, 0.15) is 32.6 Å². The lowest BCUT2D eigenvalue weighted by atomic mass is 9.88. The summed E-state index contributed by atoms with van der Waals surface area (Å²) in [5.74, 6) is 1.07. The number of nitrogens with one attached hydrogen (secondary N) is 2. The van der Waals surface area contributed by atoms with E-state index in [0.29, 0.717) is 6.04 Å². The van der Waals surface area contributed by atoms with Crippen LogP contribution in [0, 0.1) is 11.3 Å². The van der Waals surface area contributed by atoms with E-state index in [4.69, 9.17) is 10.1 Å². The Morgan fingerprint density at radius 2 is 1.95 bits per heavy atom. The Bertz CT molecular complexity index is 302. The summed E-state index contributed by atoms with van der Waals surface area (Å²) in [7, 11) is 4.12. The maximum Gasteiger partial charge on any atom is 0.210 e. The first-order valence-electron chi connectivity index (χ1n) is 7.45. The number of nitrogens with zero attached hydrogens (tertiary/aromatic N) is 2. The third kappa shape index (κ3) is 3.68. The lowest BCUT2D eigenvalue weighted by molar-refractivity contribution is -0.0349. The van der Waals surface area contributed by atoms with Gasteiger partial charge in [-0.15, -0.1) is 0 Å². The molecule has 19 heavy (non-hydrogen) atoms. The standard InChI is InChI=1S/C14H28N4O/c1-11(15)19-14(16-2)18-8-4-5-13(18)12-6-9-17(3)10-7-12/h12-16H,4-10H2,1-3H3. The smallest absolute Gasteiger partial charge is 0.210 e. The summed E-state index contributed by atoms with van der Waals surface area (Å²) in [6.45, 7) is 5.20. The van der Waals surface area contributed by atoms with E-state index in [1.807, 2.05) is 7.05 Å². The highest BCUT2D eigenvalue weighted by Gasteiger charge is 2.37. The molecule has 2 atom stereocenters. The van der Waals surface area contributed by atoms with E-state index in [0.717, 1.165) is 12.5 Å². The number of piperidine rings is 1. The Morgan fingerprint density at radius 3 is 2.53 bits per heavy atom. The zero-order valence-corrected chi connectivity index (χ0v) is 12.5. The van der Waals surface area contributed by atoms with E-state index in [2.05, 4.69) is 22.2 Å². The normalized spacial score (nSPS) is 28.5. The van der Waals surface area contributed by atoms with E-state index in [-0.39, 0.29) is 12.2 Å².